The zero-order valence-corrected chi connectivity index (χ0v) is 19.8. The Morgan fingerprint density at radius 2 is 1.43 bits per heavy atom. The van der Waals surface area contributed by atoms with Gasteiger partial charge in [0.15, 0.2) is 4.98 Å². The summed E-state index contributed by atoms with van der Waals surface area (Å²) in [5.41, 5.74) is 1.81. The standard InChI is InChI=1S/C28H24N2O4S/c29-30-25-16-15-23-24(27(25)32)5-4-6-26(23)35(33,34)22-13-9-20(10-14-22)28(17-2-1-3-18-28)19-7-11-21(31)12-8-19/h4-16H,1-3,17-18H2,(H-,31,32). The lowest BCUT2D eigenvalue weighted by molar-refractivity contribution is -0.264. The van der Waals surface area contributed by atoms with Crippen molar-refractivity contribution in [1.29, 1.82) is 5.39 Å². The molecule has 0 aromatic heterocycles. The van der Waals surface area contributed by atoms with Crippen molar-refractivity contribution in [2.45, 2.75) is 47.3 Å². The number of aromatic hydroxyl groups is 1. The van der Waals surface area contributed by atoms with Crippen LogP contribution in [0.4, 0.5) is 5.69 Å². The molecule has 0 bridgehead atoms. The second-order valence-corrected chi connectivity index (χ2v) is 11.0. The Bertz CT molecular complexity index is 1550. The predicted octanol–water partition coefficient (Wildman–Crippen LogP) is 6.19. The summed E-state index contributed by atoms with van der Waals surface area (Å²) in [6, 6.07) is 21.7. The Morgan fingerprint density at radius 3 is 2.06 bits per heavy atom. The highest BCUT2D eigenvalue weighted by Gasteiger charge is 2.36. The molecule has 1 N–H and O–H groups in total. The van der Waals surface area contributed by atoms with Crippen molar-refractivity contribution >= 4 is 26.3 Å². The molecule has 4 aromatic rings. The summed E-state index contributed by atoms with van der Waals surface area (Å²) < 4.78 is 27.2. The lowest BCUT2D eigenvalue weighted by Gasteiger charge is -2.38. The van der Waals surface area contributed by atoms with Crippen LogP contribution in [0.5, 0.6) is 11.5 Å². The van der Waals surface area contributed by atoms with Crippen molar-refractivity contribution < 1.29 is 18.6 Å². The molecule has 0 saturated heterocycles. The first-order chi connectivity index (χ1) is 16.9. The maximum absolute atomic E-state index is 13.6. The number of nitrogens with zero attached hydrogens (tertiary/aromatic N) is 2. The van der Waals surface area contributed by atoms with Crippen molar-refractivity contribution in [3.63, 3.8) is 0 Å². The normalized spacial score (nSPS) is 15.5. The van der Waals surface area contributed by atoms with Gasteiger partial charge in [-0.1, -0.05) is 55.7 Å². The monoisotopic (exact) mass is 484 g/mol. The Kier molecular flexibility index (Phi) is 5.70. The number of phenolic OH excluding ortho intramolecular Hbond substituents is 1. The molecule has 0 heterocycles. The van der Waals surface area contributed by atoms with Crippen LogP contribution in [-0.2, 0) is 15.3 Å². The van der Waals surface area contributed by atoms with Crippen LogP contribution in [0.15, 0.2) is 88.7 Å². The van der Waals surface area contributed by atoms with E-state index in [2.05, 4.69) is 4.98 Å². The van der Waals surface area contributed by atoms with Crippen LogP contribution in [0.2, 0.25) is 0 Å². The minimum absolute atomic E-state index is 0.0373. The summed E-state index contributed by atoms with van der Waals surface area (Å²) in [5.74, 6) is -0.303. The summed E-state index contributed by atoms with van der Waals surface area (Å²) >= 11 is 0. The number of phenols is 1. The molecule has 0 radical (unpaired) electrons. The van der Waals surface area contributed by atoms with Gasteiger partial charge in [-0.25, -0.2) is 8.42 Å². The number of diazo groups is 1. The van der Waals surface area contributed by atoms with Gasteiger partial charge in [0.1, 0.15) is 5.75 Å². The molecule has 5 rings (SSSR count). The number of benzene rings is 4. The van der Waals surface area contributed by atoms with Gasteiger partial charge < -0.3 is 10.2 Å². The van der Waals surface area contributed by atoms with E-state index in [-0.39, 0.29) is 32.0 Å². The maximum atomic E-state index is 13.6. The van der Waals surface area contributed by atoms with Crippen LogP contribution >= 0.6 is 0 Å². The first-order valence-corrected chi connectivity index (χ1v) is 13.1. The van der Waals surface area contributed by atoms with E-state index in [0.717, 1.165) is 36.8 Å². The number of rotatable bonds is 4. The molecule has 0 spiro atoms. The minimum Gasteiger partial charge on any atom is -0.867 e. The van der Waals surface area contributed by atoms with Crippen molar-refractivity contribution in [3.8, 4) is 11.5 Å². The molecule has 1 aliphatic carbocycles. The Hall–Kier alpha value is -3.89. The summed E-state index contributed by atoms with van der Waals surface area (Å²) in [6.07, 6.45) is 5.24. The summed E-state index contributed by atoms with van der Waals surface area (Å²) in [6.45, 7) is 0. The summed E-state index contributed by atoms with van der Waals surface area (Å²) in [4.78, 5) is 3.17. The van der Waals surface area contributed by atoms with Crippen LogP contribution in [0.25, 0.3) is 15.7 Å². The van der Waals surface area contributed by atoms with E-state index in [4.69, 9.17) is 5.39 Å². The highest BCUT2D eigenvalue weighted by Crippen LogP contribution is 2.45. The van der Waals surface area contributed by atoms with Crippen molar-refractivity contribution in [3.05, 3.63) is 95.0 Å². The van der Waals surface area contributed by atoms with E-state index >= 15 is 0 Å². The highest BCUT2D eigenvalue weighted by atomic mass is 32.2. The van der Waals surface area contributed by atoms with Gasteiger partial charge in [-0.15, -0.1) is 0 Å². The smallest absolute Gasteiger partial charge is 0.378 e. The fourth-order valence-electron chi connectivity index (χ4n) is 5.36. The van der Waals surface area contributed by atoms with Gasteiger partial charge in [-0.2, -0.15) is 0 Å². The zero-order chi connectivity index (χ0) is 24.6. The Labute approximate surface area is 204 Å². The lowest BCUT2D eigenvalue weighted by Crippen LogP contribution is -2.30. The molecule has 176 valence electrons. The second kappa shape index (κ2) is 8.71. The molecule has 0 unspecified atom stereocenters. The fraction of sp³-hybridized carbons (Fsp3) is 0.214. The van der Waals surface area contributed by atoms with Crippen LogP contribution < -0.4 is 5.11 Å². The number of hydrogen-bond donors (Lipinski definition) is 1. The Morgan fingerprint density at radius 1 is 0.800 bits per heavy atom. The Balaban J connectivity index is 1.58. The molecular formula is C28H24N2O4S. The predicted molar refractivity (Wildman–Crippen MR) is 132 cm³/mol. The average molecular weight is 485 g/mol. The maximum Gasteiger partial charge on any atom is 0.378 e. The molecule has 6 nitrogen and oxygen atoms in total. The topological polar surface area (TPSA) is 106 Å². The van der Waals surface area contributed by atoms with Gasteiger partial charge in [0.05, 0.1) is 9.79 Å². The first-order valence-electron chi connectivity index (χ1n) is 11.6. The summed E-state index contributed by atoms with van der Waals surface area (Å²) in [7, 11) is -3.90. The van der Waals surface area contributed by atoms with E-state index in [9.17, 15) is 18.6 Å². The molecule has 1 saturated carbocycles. The fourth-order valence-corrected chi connectivity index (χ4v) is 6.84. The van der Waals surface area contributed by atoms with Crippen molar-refractivity contribution in [2.75, 3.05) is 0 Å². The molecule has 0 aliphatic heterocycles. The average Bonchev–Trinajstić information content (AvgIpc) is 2.89. The van der Waals surface area contributed by atoms with E-state index in [1.165, 1.54) is 36.8 Å². The number of hydrogen-bond acceptors (Lipinski definition) is 5. The van der Waals surface area contributed by atoms with Gasteiger partial charge >= 0.3 is 5.69 Å². The van der Waals surface area contributed by atoms with Gasteiger partial charge in [0.25, 0.3) is 0 Å². The number of sulfone groups is 1. The third kappa shape index (κ3) is 3.80. The van der Waals surface area contributed by atoms with E-state index in [1.54, 1.807) is 24.3 Å². The molecule has 35 heavy (non-hydrogen) atoms. The molecule has 4 aromatic carbocycles. The SMILES string of the molecule is N#[N+]c1ccc2c(S(=O)(=O)c3ccc(C4(c5ccc(O)cc5)CCCCC4)cc3)cccc2c1[O-]. The van der Waals surface area contributed by atoms with Crippen LogP contribution in [0.1, 0.15) is 43.2 Å². The van der Waals surface area contributed by atoms with E-state index in [1.807, 2.05) is 24.3 Å². The van der Waals surface area contributed by atoms with Gasteiger partial charge in [0.2, 0.25) is 15.2 Å². The molecule has 7 heteroatoms. The first kappa shape index (κ1) is 22.9. The summed E-state index contributed by atoms with van der Waals surface area (Å²) in [5, 5.41) is 31.8. The molecule has 0 amide bonds. The quantitative estimate of drug-likeness (QED) is 0.348. The van der Waals surface area contributed by atoms with E-state index < -0.39 is 15.6 Å². The van der Waals surface area contributed by atoms with Crippen LogP contribution in [0.3, 0.4) is 0 Å². The van der Waals surface area contributed by atoms with Crippen molar-refractivity contribution in [2.24, 2.45) is 0 Å². The zero-order valence-electron chi connectivity index (χ0n) is 19.0. The van der Waals surface area contributed by atoms with Crippen molar-refractivity contribution in [1.82, 2.24) is 0 Å². The van der Waals surface area contributed by atoms with Gasteiger partial charge in [0, 0.05) is 16.9 Å². The van der Waals surface area contributed by atoms with Crippen LogP contribution in [-0.4, -0.2) is 13.5 Å². The highest BCUT2D eigenvalue weighted by molar-refractivity contribution is 7.91. The number of fused-ring (bicyclic) bond motifs is 1. The van der Waals surface area contributed by atoms with Gasteiger partial charge in [-0.05, 0) is 71.5 Å². The molecule has 0 atom stereocenters. The van der Waals surface area contributed by atoms with E-state index in [0.29, 0.717) is 5.39 Å². The molecular weight excluding hydrogens is 460 g/mol. The lowest BCUT2D eigenvalue weighted by atomic mass is 9.65. The molecule has 1 aliphatic rings. The second-order valence-electron chi connectivity index (χ2n) is 9.08. The third-order valence-electron chi connectivity index (χ3n) is 7.19. The van der Waals surface area contributed by atoms with Crippen LogP contribution in [0, 0.1) is 5.39 Å². The van der Waals surface area contributed by atoms with Gasteiger partial charge in [-0.3, -0.25) is 0 Å². The minimum atomic E-state index is -3.90. The third-order valence-corrected chi connectivity index (χ3v) is 9.02. The molecule has 1 fully saturated rings. The largest absolute Gasteiger partial charge is 0.867 e.